The summed E-state index contributed by atoms with van der Waals surface area (Å²) >= 11 is 0. The van der Waals surface area contributed by atoms with E-state index >= 15 is 0 Å². The number of ether oxygens (including phenoxy) is 1. The molecule has 120 valence electrons. The highest BCUT2D eigenvalue weighted by molar-refractivity contribution is 5.87. The molecule has 2 N–H and O–H groups in total. The number of hydrogen-bond donors (Lipinski definition) is 2. The number of rotatable bonds is 6. The maximum absolute atomic E-state index is 12.3. The number of hydrogen-bond acceptors (Lipinski definition) is 4. The first-order valence-electron chi connectivity index (χ1n) is 6.94. The number of likely N-dealkylation sites (tertiary alicyclic amines) is 1. The number of nitrogens with one attached hydrogen (secondary N) is 1. The standard InChI is InChI=1S/C13H23N3O5/c1-4-5-14-11(17)8-15(2)13(20)16-7-9(21-3)6-10(16)12(18)19/h9-10H,4-8H2,1-3H3,(H,14,17)(H,18,19). The summed E-state index contributed by atoms with van der Waals surface area (Å²) in [6.45, 7) is 2.60. The van der Waals surface area contributed by atoms with E-state index in [4.69, 9.17) is 4.74 Å². The van der Waals surface area contributed by atoms with Gasteiger partial charge in [0.25, 0.3) is 0 Å². The highest BCUT2D eigenvalue weighted by atomic mass is 16.5. The first-order chi connectivity index (χ1) is 9.90. The SMILES string of the molecule is CCCNC(=O)CN(C)C(=O)N1CC(OC)CC1C(=O)O. The molecule has 1 rings (SSSR count). The van der Waals surface area contributed by atoms with Crippen molar-refractivity contribution >= 4 is 17.9 Å². The number of carboxylic acids is 1. The van der Waals surface area contributed by atoms with Crippen LogP contribution in [-0.2, 0) is 14.3 Å². The third-order valence-corrected chi connectivity index (χ3v) is 3.41. The fourth-order valence-electron chi connectivity index (χ4n) is 2.24. The summed E-state index contributed by atoms with van der Waals surface area (Å²) in [4.78, 5) is 37.6. The van der Waals surface area contributed by atoms with E-state index in [1.165, 1.54) is 24.0 Å². The number of nitrogens with zero attached hydrogens (tertiary/aromatic N) is 2. The predicted molar refractivity (Wildman–Crippen MR) is 74.9 cm³/mol. The van der Waals surface area contributed by atoms with Gasteiger partial charge in [-0.3, -0.25) is 4.79 Å². The van der Waals surface area contributed by atoms with Gasteiger partial charge in [0.2, 0.25) is 5.91 Å². The van der Waals surface area contributed by atoms with Crippen LogP contribution in [0.25, 0.3) is 0 Å². The Morgan fingerprint density at radius 1 is 1.43 bits per heavy atom. The van der Waals surface area contributed by atoms with Crippen LogP contribution in [0.4, 0.5) is 4.79 Å². The second-order valence-electron chi connectivity index (χ2n) is 5.09. The van der Waals surface area contributed by atoms with Crippen LogP contribution in [0.5, 0.6) is 0 Å². The van der Waals surface area contributed by atoms with Gasteiger partial charge in [-0.15, -0.1) is 0 Å². The van der Waals surface area contributed by atoms with Gasteiger partial charge < -0.3 is 25.0 Å². The van der Waals surface area contributed by atoms with Crippen LogP contribution in [0, 0.1) is 0 Å². The molecule has 0 saturated carbocycles. The molecule has 8 nitrogen and oxygen atoms in total. The van der Waals surface area contributed by atoms with E-state index in [1.54, 1.807) is 0 Å². The summed E-state index contributed by atoms with van der Waals surface area (Å²) in [5, 5.41) is 11.8. The van der Waals surface area contributed by atoms with Crippen molar-refractivity contribution in [3.05, 3.63) is 0 Å². The minimum Gasteiger partial charge on any atom is -0.480 e. The Labute approximate surface area is 124 Å². The van der Waals surface area contributed by atoms with Crippen molar-refractivity contribution in [3.8, 4) is 0 Å². The lowest BCUT2D eigenvalue weighted by molar-refractivity contribution is -0.141. The Balaban J connectivity index is 2.63. The molecular formula is C13H23N3O5. The molecule has 1 aliphatic rings. The van der Waals surface area contributed by atoms with Gasteiger partial charge in [0.05, 0.1) is 6.10 Å². The van der Waals surface area contributed by atoms with Crippen LogP contribution in [0.3, 0.4) is 0 Å². The quantitative estimate of drug-likeness (QED) is 0.704. The minimum atomic E-state index is -1.06. The van der Waals surface area contributed by atoms with E-state index in [0.717, 1.165) is 6.42 Å². The molecule has 1 heterocycles. The highest BCUT2D eigenvalue weighted by Crippen LogP contribution is 2.21. The van der Waals surface area contributed by atoms with Gasteiger partial charge in [-0.1, -0.05) is 6.92 Å². The van der Waals surface area contributed by atoms with Gasteiger partial charge >= 0.3 is 12.0 Å². The topological polar surface area (TPSA) is 99.2 Å². The molecule has 0 aromatic rings. The van der Waals surface area contributed by atoms with E-state index in [2.05, 4.69) is 5.32 Å². The number of carbonyl (C=O) groups is 3. The Kier molecular flexibility index (Phi) is 6.41. The third-order valence-electron chi connectivity index (χ3n) is 3.41. The second kappa shape index (κ2) is 7.82. The predicted octanol–water partition coefficient (Wildman–Crippen LogP) is -0.262. The zero-order chi connectivity index (χ0) is 16.0. The van der Waals surface area contributed by atoms with Crippen LogP contribution in [-0.4, -0.2) is 78.8 Å². The number of likely N-dealkylation sites (N-methyl/N-ethyl adjacent to an activating group) is 1. The van der Waals surface area contributed by atoms with Crippen molar-refractivity contribution in [2.45, 2.75) is 31.9 Å². The average Bonchev–Trinajstić information content (AvgIpc) is 2.88. The molecule has 0 radical (unpaired) electrons. The Bertz CT molecular complexity index is 401. The van der Waals surface area contributed by atoms with Crippen LogP contribution in [0.15, 0.2) is 0 Å². The summed E-state index contributed by atoms with van der Waals surface area (Å²) < 4.78 is 5.13. The van der Waals surface area contributed by atoms with E-state index in [9.17, 15) is 19.5 Å². The molecule has 8 heteroatoms. The molecule has 2 unspecified atom stereocenters. The highest BCUT2D eigenvalue weighted by Gasteiger charge is 2.41. The maximum Gasteiger partial charge on any atom is 0.326 e. The monoisotopic (exact) mass is 301 g/mol. The molecular weight excluding hydrogens is 278 g/mol. The average molecular weight is 301 g/mol. The lowest BCUT2D eigenvalue weighted by Gasteiger charge is -2.27. The van der Waals surface area contributed by atoms with E-state index in [0.29, 0.717) is 6.54 Å². The van der Waals surface area contributed by atoms with Crippen LogP contribution in [0.1, 0.15) is 19.8 Å². The van der Waals surface area contributed by atoms with Gasteiger partial charge in [-0.2, -0.15) is 0 Å². The Morgan fingerprint density at radius 3 is 2.62 bits per heavy atom. The molecule has 2 atom stereocenters. The molecule has 3 amide bonds. The van der Waals surface area contributed by atoms with Crippen molar-refractivity contribution in [2.75, 3.05) is 33.8 Å². The van der Waals surface area contributed by atoms with Crippen molar-refractivity contribution in [1.82, 2.24) is 15.1 Å². The van der Waals surface area contributed by atoms with Crippen molar-refractivity contribution in [3.63, 3.8) is 0 Å². The Hall–Kier alpha value is -1.83. The number of carboxylic acid groups (broad SMARTS) is 1. The van der Waals surface area contributed by atoms with Gasteiger partial charge in [-0.25, -0.2) is 9.59 Å². The first-order valence-corrected chi connectivity index (χ1v) is 6.94. The fraction of sp³-hybridized carbons (Fsp3) is 0.769. The Morgan fingerprint density at radius 2 is 2.10 bits per heavy atom. The van der Waals surface area contributed by atoms with Crippen LogP contribution >= 0.6 is 0 Å². The van der Waals surface area contributed by atoms with E-state index < -0.39 is 18.0 Å². The summed E-state index contributed by atoms with van der Waals surface area (Å²) in [6, 6.07) is -1.39. The minimum absolute atomic E-state index is 0.0979. The number of aliphatic carboxylic acids is 1. The van der Waals surface area contributed by atoms with Gasteiger partial charge in [0.1, 0.15) is 12.6 Å². The van der Waals surface area contributed by atoms with Crippen molar-refractivity contribution < 1.29 is 24.2 Å². The van der Waals surface area contributed by atoms with Crippen molar-refractivity contribution in [2.24, 2.45) is 0 Å². The molecule has 1 fully saturated rings. The lowest BCUT2D eigenvalue weighted by atomic mass is 10.2. The molecule has 1 aliphatic heterocycles. The summed E-state index contributed by atoms with van der Waals surface area (Å²) in [5.41, 5.74) is 0. The van der Waals surface area contributed by atoms with E-state index in [-0.39, 0.29) is 31.5 Å². The number of methoxy groups -OCH3 is 1. The summed E-state index contributed by atoms with van der Waals surface area (Å²) in [6.07, 6.45) is 0.775. The molecule has 0 aromatic heterocycles. The molecule has 0 aliphatic carbocycles. The second-order valence-corrected chi connectivity index (χ2v) is 5.09. The maximum atomic E-state index is 12.3. The number of urea groups is 1. The van der Waals surface area contributed by atoms with Gasteiger partial charge in [0, 0.05) is 33.7 Å². The number of carbonyl (C=O) groups excluding carboxylic acids is 2. The zero-order valence-electron chi connectivity index (χ0n) is 12.7. The van der Waals surface area contributed by atoms with Crippen LogP contribution < -0.4 is 5.32 Å². The first kappa shape index (κ1) is 17.2. The fourth-order valence-corrected chi connectivity index (χ4v) is 2.24. The summed E-state index contributed by atoms with van der Waals surface area (Å²) in [5.74, 6) is -1.33. The zero-order valence-corrected chi connectivity index (χ0v) is 12.7. The molecule has 0 aromatic carbocycles. The van der Waals surface area contributed by atoms with E-state index in [1.807, 2.05) is 6.92 Å². The third kappa shape index (κ3) is 4.59. The molecule has 21 heavy (non-hydrogen) atoms. The summed E-state index contributed by atoms with van der Waals surface area (Å²) in [7, 11) is 2.96. The number of amides is 3. The van der Waals surface area contributed by atoms with Gasteiger partial charge in [-0.05, 0) is 6.42 Å². The molecule has 0 bridgehead atoms. The largest absolute Gasteiger partial charge is 0.480 e. The molecule has 0 spiro atoms. The molecule has 1 saturated heterocycles. The van der Waals surface area contributed by atoms with Crippen LogP contribution in [0.2, 0.25) is 0 Å². The van der Waals surface area contributed by atoms with Gasteiger partial charge in [0.15, 0.2) is 0 Å². The lowest BCUT2D eigenvalue weighted by Crippen LogP contribution is -2.49. The normalized spacial score (nSPS) is 21.2. The smallest absolute Gasteiger partial charge is 0.326 e. The van der Waals surface area contributed by atoms with Crippen molar-refractivity contribution in [1.29, 1.82) is 0 Å².